The summed E-state index contributed by atoms with van der Waals surface area (Å²) < 4.78 is 5.07. The number of carboxylic acid groups (broad SMARTS) is 1. The van der Waals surface area contributed by atoms with Crippen molar-refractivity contribution in [3.8, 4) is 0 Å². The number of carboxylic acids is 1. The van der Waals surface area contributed by atoms with Crippen LogP contribution in [0.1, 0.15) is 27.2 Å². The molecule has 0 spiro atoms. The summed E-state index contributed by atoms with van der Waals surface area (Å²) in [5.41, 5.74) is 2.46. The van der Waals surface area contributed by atoms with E-state index in [1.165, 1.54) is 6.26 Å². The van der Waals surface area contributed by atoms with E-state index in [4.69, 9.17) is 4.42 Å². The van der Waals surface area contributed by atoms with E-state index < -0.39 is 11.9 Å². The highest BCUT2D eigenvalue weighted by Crippen LogP contribution is 2.12. The number of carbonyl (C=O) groups excluding carboxylic acids is 1. The van der Waals surface area contributed by atoms with Crippen LogP contribution in [0.3, 0.4) is 0 Å². The fraction of sp³-hybridized carbons (Fsp3) is 0.294. The van der Waals surface area contributed by atoms with Crippen molar-refractivity contribution in [1.29, 1.82) is 0 Å². The Bertz CT molecular complexity index is 675. The predicted octanol–water partition coefficient (Wildman–Crippen LogP) is 2.57. The van der Waals surface area contributed by atoms with E-state index in [2.05, 4.69) is 5.32 Å². The molecule has 1 aromatic heterocycles. The van der Waals surface area contributed by atoms with Crippen molar-refractivity contribution < 1.29 is 19.1 Å². The SMILES string of the molecule is Cc1cccc(CC(CNC(=O)c2ccoc2C)C(=O)O)c1. The molecule has 5 heteroatoms. The largest absolute Gasteiger partial charge is 0.481 e. The van der Waals surface area contributed by atoms with E-state index >= 15 is 0 Å². The summed E-state index contributed by atoms with van der Waals surface area (Å²) >= 11 is 0. The van der Waals surface area contributed by atoms with Gasteiger partial charge in [-0.05, 0) is 31.9 Å². The smallest absolute Gasteiger partial charge is 0.308 e. The molecule has 0 bridgehead atoms. The number of amides is 1. The minimum absolute atomic E-state index is 0.0761. The number of hydrogen-bond donors (Lipinski definition) is 2. The number of furan rings is 1. The monoisotopic (exact) mass is 301 g/mol. The van der Waals surface area contributed by atoms with Gasteiger partial charge in [-0.3, -0.25) is 9.59 Å². The summed E-state index contributed by atoms with van der Waals surface area (Å²) in [6.45, 7) is 3.73. The van der Waals surface area contributed by atoms with Gasteiger partial charge in [0.05, 0.1) is 17.7 Å². The number of carbonyl (C=O) groups is 2. The Hall–Kier alpha value is -2.56. The van der Waals surface area contributed by atoms with E-state index in [0.29, 0.717) is 17.7 Å². The molecule has 1 heterocycles. The quantitative estimate of drug-likeness (QED) is 0.859. The molecule has 2 rings (SSSR count). The van der Waals surface area contributed by atoms with Gasteiger partial charge >= 0.3 is 5.97 Å². The van der Waals surface area contributed by atoms with Crippen molar-refractivity contribution in [3.63, 3.8) is 0 Å². The average molecular weight is 301 g/mol. The lowest BCUT2D eigenvalue weighted by molar-refractivity contribution is -0.141. The maximum Gasteiger partial charge on any atom is 0.308 e. The summed E-state index contributed by atoms with van der Waals surface area (Å²) in [7, 11) is 0. The van der Waals surface area contributed by atoms with Crippen molar-refractivity contribution >= 4 is 11.9 Å². The highest BCUT2D eigenvalue weighted by atomic mass is 16.4. The molecule has 0 saturated heterocycles. The minimum Gasteiger partial charge on any atom is -0.481 e. The minimum atomic E-state index is -0.925. The van der Waals surface area contributed by atoms with Crippen LogP contribution < -0.4 is 5.32 Å². The normalized spacial score (nSPS) is 11.9. The van der Waals surface area contributed by atoms with E-state index in [0.717, 1.165) is 11.1 Å². The Kier molecular flexibility index (Phi) is 4.99. The molecular formula is C17H19NO4. The number of aliphatic carboxylic acids is 1. The molecule has 1 aromatic carbocycles. The van der Waals surface area contributed by atoms with Crippen molar-refractivity contribution in [2.45, 2.75) is 20.3 Å². The molecule has 0 aliphatic carbocycles. The summed E-state index contributed by atoms with van der Waals surface area (Å²) in [4.78, 5) is 23.4. The predicted molar refractivity (Wildman–Crippen MR) is 81.8 cm³/mol. The number of rotatable bonds is 6. The molecule has 0 aliphatic rings. The third-order valence-corrected chi connectivity index (χ3v) is 3.53. The maximum absolute atomic E-state index is 12.0. The van der Waals surface area contributed by atoms with Crippen LogP contribution in [0.15, 0.2) is 41.0 Å². The van der Waals surface area contributed by atoms with Gasteiger partial charge in [0.15, 0.2) is 0 Å². The van der Waals surface area contributed by atoms with Gasteiger partial charge in [-0.1, -0.05) is 29.8 Å². The lowest BCUT2D eigenvalue weighted by Crippen LogP contribution is -2.34. The molecule has 1 atom stereocenters. The zero-order valence-corrected chi connectivity index (χ0v) is 12.6. The molecule has 5 nitrogen and oxygen atoms in total. The Balaban J connectivity index is 1.99. The third-order valence-electron chi connectivity index (χ3n) is 3.53. The zero-order valence-electron chi connectivity index (χ0n) is 12.6. The first-order valence-electron chi connectivity index (χ1n) is 7.08. The molecule has 0 fully saturated rings. The first-order valence-corrected chi connectivity index (χ1v) is 7.08. The first-order chi connectivity index (χ1) is 10.5. The second-order valence-electron chi connectivity index (χ2n) is 5.33. The van der Waals surface area contributed by atoms with Crippen LogP contribution >= 0.6 is 0 Å². The molecule has 22 heavy (non-hydrogen) atoms. The highest BCUT2D eigenvalue weighted by Gasteiger charge is 2.20. The third kappa shape index (κ3) is 3.97. The van der Waals surface area contributed by atoms with E-state index in [1.807, 2.05) is 31.2 Å². The van der Waals surface area contributed by atoms with Crippen LogP contribution in [0.2, 0.25) is 0 Å². The Morgan fingerprint density at radius 3 is 2.64 bits per heavy atom. The van der Waals surface area contributed by atoms with Gasteiger partial charge in [0.2, 0.25) is 0 Å². The second kappa shape index (κ2) is 6.93. The number of nitrogens with one attached hydrogen (secondary N) is 1. The summed E-state index contributed by atoms with van der Waals surface area (Å²) in [6.07, 6.45) is 1.81. The van der Waals surface area contributed by atoms with Gasteiger partial charge in [-0.25, -0.2) is 0 Å². The van der Waals surface area contributed by atoms with E-state index in [1.54, 1.807) is 13.0 Å². The summed E-state index contributed by atoms with van der Waals surface area (Å²) in [6, 6.07) is 9.28. The van der Waals surface area contributed by atoms with Gasteiger partial charge in [0, 0.05) is 6.54 Å². The fourth-order valence-corrected chi connectivity index (χ4v) is 2.30. The van der Waals surface area contributed by atoms with Gasteiger partial charge < -0.3 is 14.8 Å². The van der Waals surface area contributed by atoms with Crippen LogP contribution in [0, 0.1) is 19.8 Å². The number of aryl methyl sites for hydroxylation is 2. The topological polar surface area (TPSA) is 79.5 Å². The molecule has 0 saturated carbocycles. The van der Waals surface area contributed by atoms with Gasteiger partial charge in [-0.15, -0.1) is 0 Å². The van der Waals surface area contributed by atoms with Crippen molar-refractivity contribution in [2.75, 3.05) is 6.54 Å². The molecular weight excluding hydrogens is 282 g/mol. The molecule has 0 radical (unpaired) electrons. The van der Waals surface area contributed by atoms with Crippen molar-refractivity contribution in [1.82, 2.24) is 5.32 Å². The van der Waals surface area contributed by atoms with Crippen molar-refractivity contribution in [2.24, 2.45) is 5.92 Å². The Morgan fingerprint density at radius 1 is 1.27 bits per heavy atom. The number of hydrogen-bond acceptors (Lipinski definition) is 3. The fourth-order valence-electron chi connectivity index (χ4n) is 2.30. The summed E-state index contributed by atoms with van der Waals surface area (Å²) in [5, 5.41) is 12.0. The zero-order chi connectivity index (χ0) is 16.1. The molecule has 0 aliphatic heterocycles. The standard InChI is InChI=1S/C17H19NO4/c1-11-4-3-5-13(8-11)9-14(17(20)21)10-18-16(19)15-6-7-22-12(15)2/h3-8,14H,9-10H2,1-2H3,(H,18,19)(H,20,21). The molecule has 1 unspecified atom stereocenters. The van der Waals surface area contributed by atoms with Crippen LogP contribution in [-0.2, 0) is 11.2 Å². The molecule has 1 amide bonds. The Labute approximate surface area is 129 Å². The average Bonchev–Trinajstić information content (AvgIpc) is 2.89. The summed E-state index contributed by atoms with van der Waals surface area (Å²) in [5.74, 6) is -1.39. The second-order valence-corrected chi connectivity index (χ2v) is 5.33. The van der Waals surface area contributed by atoms with Crippen LogP contribution in [-0.4, -0.2) is 23.5 Å². The number of benzene rings is 1. The lowest BCUT2D eigenvalue weighted by atomic mass is 9.98. The van der Waals surface area contributed by atoms with Gasteiger partial charge in [0.1, 0.15) is 5.76 Å². The van der Waals surface area contributed by atoms with Crippen LogP contribution in [0.25, 0.3) is 0 Å². The lowest BCUT2D eigenvalue weighted by Gasteiger charge is -2.13. The Morgan fingerprint density at radius 2 is 2.05 bits per heavy atom. The van der Waals surface area contributed by atoms with E-state index in [9.17, 15) is 14.7 Å². The van der Waals surface area contributed by atoms with Crippen LogP contribution in [0.5, 0.6) is 0 Å². The van der Waals surface area contributed by atoms with Gasteiger partial charge in [-0.2, -0.15) is 0 Å². The highest BCUT2D eigenvalue weighted by molar-refractivity contribution is 5.95. The molecule has 2 N–H and O–H groups in total. The maximum atomic E-state index is 12.0. The van der Waals surface area contributed by atoms with Crippen LogP contribution in [0.4, 0.5) is 0 Å². The van der Waals surface area contributed by atoms with Crippen molar-refractivity contribution in [3.05, 3.63) is 59.0 Å². The van der Waals surface area contributed by atoms with Gasteiger partial charge in [0.25, 0.3) is 5.91 Å². The molecule has 2 aromatic rings. The first kappa shape index (κ1) is 15.8. The molecule has 116 valence electrons. The van der Waals surface area contributed by atoms with E-state index in [-0.39, 0.29) is 12.5 Å².